The molecule has 1 N–H and O–H groups in total. The van der Waals surface area contributed by atoms with Gasteiger partial charge in [-0.2, -0.15) is 5.10 Å². The van der Waals surface area contributed by atoms with Gasteiger partial charge in [-0.1, -0.05) is 0 Å². The van der Waals surface area contributed by atoms with E-state index in [9.17, 15) is 4.79 Å². The normalized spacial score (nSPS) is 10.3. The number of nitrogens with zero attached hydrogens (tertiary/aromatic N) is 2. The summed E-state index contributed by atoms with van der Waals surface area (Å²) in [6.07, 6.45) is 2.44. The fourth-order valence-electron chi connectivity index (χ4n) is 1.21. The van der Waals surface area contributed by atoms with Gasteiger partial charge in [-0.25, -0.2) is 0 Å². The van der Waals surface area contributed by atoms with Gasteiger partial charge in [0.25, 0.3) is 5.91 Å². The molecule has 0 unspecified atom stereocenters. The van der Waals surface area contributed by atoms with Crippen molar-refractivity contribution in [2.24, 2.45) is 7.05 Å². The second-order valence-electron chi connectivity index (χ2n) is 3.15. The molecule has 0 radical (unpaired) electrons. The summed E-state index contributed by atoms with van der Waals surface area (Å²) in [5.74, 6) is -0.0912. The lowest BCUT2D eigenvalue weighted by Crippen LogP contribution is -2.27. The largest absolute Gasteiger partial charge is 0.382 e. The van der Waals surface area contributed by atoms with Crippen LogP contribution in [0, 0.1) is 0 Å². The summed E-state index contributed by atoms with van der Waals surface area (Å²) in [4.78, 5) is 11.5. The number of carbonyl (C=O) groups excluding carboxylic acids is 1. The Morgan fingerprint density at radius 1 is 1.67 bits per heavy atom. The topological polar surface area (TPSA) is 56.1 Å². The number of amides is 1. The third kappa shape index (κ3) is 3.71. The maximum absolute atomic E-state index is 11.5. The van der Waals surface area contributed by atoms with E-state index < -0.39 is 0 Å². The fraction of sp³-hybridized carbons (Fsp3) is 0.600. The summed E-state index contributed by atoms with van der Waals surface area (Å²) in [6.45, 7) is 3.98. The van der Waals surface area contributed by atoms with Crippen LogP contribution in [0.1, 0.15) is 23.8 Å². The Balaban J connectivity index is 2.22. The zero-order valence-electron chi connectivity index (χ0n) is 9.19. The Morgan fingerprint density at radius 2 is 2.47 bits per heavy atom. The van der Waals surface area contributed by atoms with Gasteiger partial charge in [0.1, 0.15) is 5.69 Å². The van der Waals surface area contributed by atoms with Crippen LogP contribution in [0.2, 0.25) is 0 Å². The predicted molar refractivity (Wildman–Crippen MR) is 56.7 cm³/mol. The van der Waals surface area contributed by atoms with Gasteiger partial charge >= 0.3 is 0 Å². The van der Waals surface area contributed by atoms with E-state index in [0.717, 1.165) is 13.0 Å². The molecule has 5 nitrogen and oxygen atoms in total. The lowest BCUT2D eigenvalue weighted by molar-refractivity contribution is 0.0935. The SMILES string of the molecule is CCOCCCNC(=O)c1ccnn1C. The van der Waals surface area contributed by atoms with E-state index in [1.54, 1.807) is 24.0 Å². The van der Waals surface area contributed by atoms with Crippen LogP contribution in [-0.4, -0.2) is 35.4 Å². The van der Waals surface area contributed by atoms with Crippen molar-refractivity contribution in [2.75, 3.05) is 19.8 Å². The second-order valence-corrected chi connectivity index (χ2v) is 3.15. The number of carbonyl (C=O) groups is 1. The average Bonchev–Trinajstić information content (AvgIpc) is 2.64. The predicted octanol–water partition coefficient (Wildman–Crippen LogP) is 0.577. The van der Waals surface area contributed by atoms with Crippen molar-refractivity contribution >= 4 is 5.91 Å². The highest BCUT2D eigenvalue weighted by Crippen LogP contribution is 1.95. The van der Waals surface area contributed by atoms with Crippen molar-refractivity contribution in [1.29, 1.82) is 0 Å². The minimum Gasteiger partial charge on any atom is -0.382 e. The fourth-order valence-corrected chi connectivity index (χ4v) is 1.21. The first kappa shape index (κ1) is 11.7. The van der Waals surface area contributed by atoms with Crippen LogP contribution in [0.3, 0.4) is 0 Å². The van der Waals surface area contributed by atoms with E-state index in [0.29, 0.717) is 18.8 Å². The summed E-state index contributed by atoms with van der Waals surface area (Å²) in [5, 5.41) is 6.73. The Bertz CT molecular complexity index is 309. The molecule has 0 aliphatic heterocycles. The van der Waals surface area contributed by atoms with Crippen molar-refractivity contribution in [3.8, 4) is 0 Å². The van der Waals surface area contributed by atoms with Gasteiger partial charge in [0, 0.05) is 33.0 Å². The third-order valence-electron chi connectivity index (χ3n) is 2.01. The number of rotatable bonds is 6. The summed E-state index contributed by atoms with van der Waals surface area (Å²) in [5.41, 5.74) is 0.575. The van der Waals surface area contributed by atoms with Crippen LogP contribution < -0.4 is 5.32 Å². The molecule has 5 heteroatoms. The first-order valence-electron chi connectivity index (χ1n) is 5.09. The van der Waals surface area contributed by atoms with Crippen LogP contribution in [0.25, 0.3) is 0 Å². The summed E-state index contributed by atoms with van der Waals surface area (Å²) >= 11 is 0. The van der Waals surface area contributed by atoms with Crippen molar-refractivity contribution in [3.05, 3.63) is 18.0 Å². The maximum atomic E-state index is 11.5. The van der Waals surface area contributed by atoms with E-state index in [1.807, 2.05) is 6.92 Å². The first-order valence-corrected chi connectivity index (χ1v) is 5.09. The molecule has 1 aromatic heterocycles. The van der Waals surface area contributed by atoms with Crippen LogP contribution in [0.4, 0.5) is 0 Å². The summed E-state index contributed by atoms with van der Waals surface area (Å²) in [7, 11) is 1.75. The van der Waals surface area contributed by atoms with Crippen LogP contribution >= 0.6 is 0 Å². The zero-order valence-corrected chi connectivity index (χ0v) is 9.19. The zero-order chi connectivity index (χ0) is 11.1. The van der Waals surface area contributed by atoms with Gasteiger partial charge < -0.3 is 10.1 Å². The molecule has 0 aliphatic carbocycles. The lowest BCUT2D eigenvalue weighted by atomic mass is 10.3. The minimum absolute atomic E-state index is 0.0912. The molecule has 0 aromatic carbocycles. The van der Waals surface area contributed by atoms with Crippen molar-refractivity contribution < 1.29 is 9.53 Å². The molecule has 1 amide bonds. The van der Waals surface area contributed by atoms with Gasteiger partial charge in [-0.3, -0.25) is 9.48 Å². The van der Waals surface area contributed by atoms with E-state index in [4.69, 9.17) is 4.74 Å². The van der Waals surface area contributed by atoms with Crippen molar-refractivity contribution in [2.45, 2.75) is 13.3 Å². The third-order valence-corrected chi connectivity index (χ3v) is 2.01. The lowest BCUT2D eigenvalue weighted by Gasteiger charge is -2.05. The summed E-state index contributed by atoms with van der Waals surface area (Å²) in [6, 6.07) is 1.69. The molecule has 1 rings (SSSR count). The molecule has 0 spiro atoms. The van der Waals surface area contributed by atoms with Crippen LogP contribution in [0.15, 0.2) is 12.3 Å². The Labute approximate surface area is 89.4 Å². The van der Waals surface area contributed by atoms with Gasteiger partial charge in [0.05, 0.1) is 0 Å². The van der Waals surface area contributed by atoms with E-state index >= 15 is 0 Å². The molecule has 1 heterocycles. The Hall–Kier alpha value is -1.36. The van der Waals surface area contributed by atoms with E-state index in [1.165, 1.54) is 0 Å². The minimum atomic E-state index is -0.0912. The smallest absolute Gasteiger partial charge is 0.269 e. The first-order chi connectivity index (χ1) is 7.25. The molecule has 0 fully saturated rings. The quantitative estimate of drug-likeness (QED) is 0.700. The van der Waals surface area contributed by atoms with Gasteiger partial charge in [-0.05, 0) is 19.4 Å². The molecular weight excluding hydrogens is 194 g/mol. The number of ether oxygens (including phenoxy) is 1. The highest BCUT2D eigenvalue weighted by Gasteiger charge is 2.07. The molecular formula is C10H17N3O2. The van der Waals surface area contributed by atoms with Gasteiger partial charge in [0.2, 0.25) is 0 Å². The van der Waals surface area contributed by atoms with E-state index in [2.05, 4.69) is 10.4 Å². The highest BCUT2D eigenvalue weighted by molar-refractivity contribution is 5.92. The molecule has 1 aromatic rings. The number of aryl methyl sites for hydroxylation is 1. The maximum Gasteiger partial charge on any atom is 0.269 e. The molecule has 84 valence electrons. The Kier molecular flexibility index (Phi) is 4.83. The number of hydrogen-bond acceptors (Lipinski definition) is 3. The average molecular weight is 211 g/mol. The summed E-state index contributed by atoms with van der Waals surface area (Å²) < 4.78 is 6.71. The van der Waals surface area contributed by atoms with Crippen molar-refractivity contribution in [1.82, 2.24) is 15.1 Å². The van der Waals surface area contributed by atoms with Crippen LogP contribution in [-0.2, 0) is 11.8 Å². The van der Waals surface area contributed by atoms with Crippen LogP contribution in [0.5, 0.6) is 0 Å². The number of nitrogens with one attached hydrogen (secondary N) is 1. The molecule has 15 heavy (non-hydrogen) atoms. The number of hydrogen-bond donors (Lipinski definition) is 1. The molecule has 0 saturated heterocycles. The molecule has 0 bridgehead atoms. The second kappa shape index (κ2) is 6.19. The monoisotopic (exact) mass is 211 g/mol. The van der Waals surface area contributed by atoms with Gasteiger partial charge in [0.15, 0.2) is 0 Å². The molecule has 0 saturated carbocycles. The van der Waals surface area contributed by atoms with Gasteiger partial charge in [-0.15, -0.1) is 0 Å². The number of aromatic nitrogens is 2. The van der Waals surface area contributed by atoms with Crippen molar-refractivity contribution in [3.63, 3.8) is 0 Å². The van der Waals surface area contributed by atoms with E-state index in [-0.39, 0.29) is 5.91 Å². The highest BCUT2D eigenvalue weighted by atomic mass is 16.5. The molecule has 0 atom stereocenters. The Morgan fingerprint density at radius 3 is 3.07 bits per heavy atom. The standard InChI is InChI=1S/C10H17N3O2/c1-3-15-8-4-6-11-10(14)9-5-7-12-13(9)2/h5,7H,3-4,6,8H2,1-2H3,(H,11,14). The molecule has 0 aliphatic rings.